The summed E-state index contributed by atoms with van der Waals surface area (Å²) in [6.07, 6.45) is 9.59. The van der Waals surface area contributed by atoms with Crippen molar-refractivity contribution in [3.63, 3.8) is 0 Å². The van der Waals surface area contributed by atoms with Crippen LogP contribution in [0.5, 0.6) is 11.5 Å². The molecule has 0 radical (unpaired) electrons. The fourth-order valence-corrected chi connectivity index (χ4v) is 4.83. The van der Waals surface area contributed by atoms with Crippen LogP contribution < -0.4 is 9.47 Å². The fourth-order valence-electron chi connectivity index (χ4n) is 4.83. The third-order valence-electron chi connectivity index (χ3n) is 6.37. The highest BCUT2D eigenvalue weighted by Crippen LogP contribution is 2.39. The Morgan fingerprint density at radius 3 is 2.76 bits per heavy atom. The third-order valence-corrected chi connectivity index (χ3v) is 6.37. The lowest BCUT2D eigenvalue weighted by atomic mass is 9.90. The minimum absolute atomic E-state index is 0.391. The molecule has 3 heterocycles. The van der Waals surface area contributed by atoms with Gasteiger partial charge < -0.3 is 13.9 Å². The molecule has 0 aliphatic carbocycles. The maximum Gasteiger partial charge on any atom is 0.161 e. The van der Waals surface area contributed by atoms with Crippen LogP contribution in [-0.4, -0.2) is 56.2 Å². The van der Waals surface area contributed by atoms with Gasteiger partial charge in [-0.15, -0.1) is 0 Å². The highest BCUT2D eigenvalue weighted by atomic mass is 16.5. The van der Waals surface area contributed by atoms with Crippen molar-refractivity contribution in [3.05, 3.63) is 53.5 Å². The molecule has 0 amide bonds. The lowest BCUT2D eigenvalue weighted by Gasteiger charge is -2.45. The highest BCUT2D eigenvalue weighted by molar-refractivity contribution is 5.49. The quantitative estimate of drug-likeness (QED) is 0.724. The summed E-state index contributed by atoms with van der Waals surface area (Å²) in [5, 5.41) is 0. The van der Waals surface area contributed by atoms with Gasteiger partial charge >= 0.3 is 0 Å². The van der Waals surface area contributed by atoms with Crippen molar-refractivity contribution < 1.29 is 13.9 Å². The monoisotopic (exact) mass is 396 g/mol. The first-order valence-corrected chi connectivity index (χ1v) is 10.6. The van der Waals surface area contributed by atoms with Crippen LogP contribution in [0.3, 0.4) is 0 Å². The second-order valence-corrected chi connectivity index (χ2v) is 8.04. The number of rotatable bonds is 6. The Labute approximate surface area is 173 Å². The summed E-state index contributed by atoms with van der Waals surface area (Å²) in [5.41, 5.74) is 2.77. The largest absolute Gasteiger partial charge is 0.493 e. The first kappa shape index (κ1) is 20.0. The van der Waals surface area contributed by atoms with E-state index in [1.165, 1.54) is 30.5 Å². The second kappa shape index (κ2) is 9.06. The number of nitrogens with zero attached hydrogens (tertiary/aromatic N) is 2. The molecule has 4 rings (SSSR count). The number of benzene rings is 1. The summed E-state index contributed by atoms with van der Waals surface area (Å²) in [6, 6.07) is 9.24. The van der Waals surface area contributed by atoms with Crippen molar-refractivity contribution in [1.82, 2.24) is 9.80 Å². The van der Waals surface area contributed by atoms with Crippen molar-refractivity contribution in [1.29, 1.82) is 0 Å². The maximum atomic E-state index is 5.56. The third kappa shape index (κ3) is 4.36. The van der Waals surface area contributed by atoms with E-state index in [1.807, 2.05) is 12.1 Å². The lowest BCUT2D eigenvalue weighted by molar-refractivity contribution is 0.0685. The topological polar surface area (TPSA) is 38.1 Å². The van der Waals surface area contributed by atoms with Crippen LogP contribution in [0.1, 0.15) is 42.7 Å². The summed E-state index contributed by atoms with van der Waals surface area (Å²) in [6.45, 7) is 6.70. The standard InChI is InChI=1S/C24H32N2O3/c1-18-22-16-24(28-3)23(27-2)15-19(22)10-13-26(18)20-7-4-11-25(17-20)12-5-8-21-9-6-14-29-21/h5-6,8-9,14-16,18,20H,4,7,10-13,17H2,1-3H3/b8-5+/t18-,20-/m0/s1. The molecule has 0 spiro atoms. The molecule has 29 heavy (non-hydrogen) atoms. The van der Waals surface area contributed by atoms with E-state index >= 15 is 0 Å². The molecular weight excluding hydrogens is 364 g/mol. The molecule has 0 bridgehead atoms. The predicted molar refractivity (Wildman–Crippen MR) is 116 cm³/mol. The summed E-state index contributed by atoms with van der Waals surface area (Å²) in [5.74, 6) is 2.58. The molecular formula is C24H32N2O3. The van der Waals surface area contributed by atoms with Gasteiger partial charge in [-0.2, -0.15) is 0 Å². The van der Waals surface area contributed by atoms with Gasteiger partial charge in [0.1, 0.15) is 5.76 Å². The Balaban J connectivity index is 1.43. The average Bonchev–Trinajstić information content (AvgIpc) is 3.27. The Bertz CT molecular complexity index is 831. The summed E-state index contributed by atoms with van der Waals surface area (Å²) < 4.78 is 16.4. The summed E-state index contributed by atoms with van der Waals surface area (Å²) in [7, 11) is 3.42. The van der Waals surface area contributed by atoms with E-state index in [1.54, 1.807) is 20.5 Å². The van der Waals surface area contributed by atoms with Gasteiger partial charge in [-0.25, -0.2) is 0 Å². The molecule has 1 fully saturated rings. The predicted octanol–water partition coefficient (Wildman–Crippen LogP) is 4.39. The zero-order chi connectivity index (χ0) is 20.2. The lowest BCUT2D eigenvalue weighted by Crippen LogP contribution is -2.50. The summed E-state index contributed by atoms with van der Waals surface area (Å²) >= 11 is 0. The van der Waals surface area contributed by atoms with Crippen molar-refractivity contribution in [2.24, 2.45) is 0 Å². The van der Waals surface area contributed by atoms with Crippen LogP contribution >= 0.6 is 0 Å². The van der Waals surface area contributed by atoms with Crippen LogP contribution in [0.15, 0.2) is 41.0 Å². The Hall–Kier alpha value is -2.24. The van der Waals surface area contributed by atoms with E-state index in [-0.39, 0.29) is 0 Å². The van der Waals surface area contributed by atoms with Crippen LogP contribution in [0.2, 0.25) is 0 Å². The maximum absolute atomic E-state index is 5.56. The summed E-state index contributed by atoms with van der Waals surface area (Å²) in [4.78, 5) is 5.25. The minimum Gasteiger partial charge on any atom is -0.493 e. The fraction of sp³-hybridized carbons (Fsp3) is 0.500. The van der Waals surface area contributed by atoms with Crippen LogP contribution in [0, 0.1) is 0 Å². The molecule has 1 aromatic heterocycles. The number of hydrogen-bond donors (Lipinski definition) is 0. The van der Waals surface area contributed by atoms with Crippen LogP contribution in [-0.2, 0) is 6.42 Å². The number of piperidine rings is 1. The van der Waals surface area contributed by atoms with Gasteiger partial charge in [-0.3, -0.25) is 9.80 Å². The molecule has 156 valence electrons. The van der Waals surface area contributed by atoms with Crippen LogP contribution in [0.4, 0.5) is 0 Å². The van der Waals surface area contributed by atoms with E-state index in [9.17, 15) is 0 Å². The molecule has 1 saturated heterocycles. The van der Waals surface area contributed by atoms with Crippen molar-refractivity contribution in [2.75, 3.05) is 40.4 Å². The number of methoxy groups -OCH3 is 2. The molecule has 2 aliphatic rings. The molecule has 1 aromatic carbocycles. The Morgan fingerprint density at radius 1 is 1.17 bits per heavy atom. The molecule has 0 saturated carbocycles. The molecule has 2 atom stereocenters. The molecule has 0 N–H and O–H groups in total. The second-order valence-electron chi connectivity index (χ2n) is 8.04. The number of furan rings is 1. The van der Waals surface area contributed by atoms with Gasteiger partial charge in [0.25, 0.3) is 0 Å². The molecule has 5 nitrogen and oxygen atoms in total. The normalized spacial score (nSPS) is 23.3. The average molecular weight is 397 g/mol. The number of ether oxygens (including phenoxy) is 2. The number of fused-ring (bicyclic) bond motifs is 1. The van der Waals surface area contributed by atoms with Gasteiger partial charge in [-0.1, -0.05) is 6.08 Å². The highest BCUT2D eigenvalue weighted by Gasteiger charge is 2.32. The minimum atomic E-state index is 0.391. The molecule has 0 unspecified atom stereocenters. The van der Waals surface area contributed by atoms with Crippen LogP contribution in [0.25, 0.3) is 6.08 Å². The number of hydrogen-bond acceptors (Lipinski definition) is 5. The zero-order valence-corrected chi connectivity index (χ0v) is 17.8. The van der Waals surface area contributed by atoms with Gasteiger partial charge in [-0.05, 0) is 74.2 Å². The van der Waals surface area contributed by atoms with E-state index in [4.69, 9.17) is 13.9 Å². The Morgan fingerprint density at radius 2 is 2.00 bits per heavy atom. The SMILES string of the molecule is COc1cc2c(cc1OC)[C@H](C)N([C@H]1CCCN(C/C=C/c3ccco3)C1)CC2. The Kier molecular flexibility index (Phi) is 6.26. The van der Waals surface area contributed by atoms with E-state index < -0.39 is 0 Å². The first-order valence-electron chi connectivity index (χ1n) is 10.6. The number of likely N-dealkylation sites (tertiary alicyclic amines) is 1. The van der Waals surface area contributed by atoms with Crippen molar-refractivity contribution >= 4 is 6.08 Å². The first-order chi connectivity index (χ1) is 14.2. The molecule has 2 aliphatic heterocycles. The van der Waals surface area contributed by atoms with Gasteiger partial charge in [0.05, 0.1) is 20.5 Å². The van der Waals surface area contributed by atoms with Crippen molar-refractivity contribution in [3.8, 4) is 11.5 Å². The van der Waals surface area contributed by atoms with E-state index in [0.29, 0.717) is 12.1 Å². The zero-order valence-electron chi connectivity index (χ0n) is 17.8. The van der Waals surface area contributed by atoms with Gasteiger partial charge in [0.2, 0.25) is 0 Å². The van der Waals surface area contributed by atoms with Gasteiger partial charge in [0, 0.05) is 31.7 Å². The van der Waals surface area contributed by atoms with Gasteiger partial charge in [0.15, 0.2) is 11.5 Å². The van der Waals surface area contributed by atoms with Crippen molar-refractivity contribution in [2.45, 2.75) is 38.3 Å². The molecule has 5 heteroatoms. The smallest absolute Gasteiger partial charge is 0.161 e. The molecule has 2 aromatic rings. The van der Waals surface area contributed by atoms with E-state index in [2.05, 4.69) is 41.0 Å². The van der Waals surface area contributed by atoms with E-state index in [0.717, 1.165) is 43.3 Å².